The van der Waals surface area contributed by atoms with Gasteiger partial charge in [-0.1, -0.05) is 12.1 Å². The topological polar surface area (TPSA) is 29.5 Å². The molecule has 2 rings (SSSR count). The van der Waals surface area contributed by atoms with E-state index in [4.69, 9.17) is 4.74 Å². The molecule has 0 radical (unpaired) electrons. The van der Waals surface area contributed by atoms with E-state index in [0.29, 0.717) is 23.2 Å². The first-order chi connectivity index (χ1) is 9.85. The first kappa shape index (κ1) is 16.1. The predicted molar refractivity (Wildman–Crippen MR) is 83.1 cm³/mol. The monoisotopic (exact) mass is 311 g/mol. The highest BCUT2D eigenvalue weighted by Crippen LogP contribution is 2.32. The molecule has 116 valence electrons. The molecule has 0 N–H and O–H groups in total. The summed E-state index contributed by atoms with van der Waals surface area (Å²) in [5.74, 6) is -0.169. The molecule has 1 aliphatic heterocycles. The fourth-order valence-corrected chi connectivity index (χ4v) is 3.35. The number of hydrogen-bond acceptors (Lipinski definition) is 3. The molecule has 0 unspecified atom stereocenters. The van der Waals surface area contributed by atoms with Gasteiger partial charge in [0, 0.05) is 23.2 Å². The van der Waals surface area contributed by atoms with Crippen LogP contribution in [0.4, 0.5) is 9.18 Å². The van der Waals surface area contributed by atoms with Gasteiger partial charge >= 0.3 is 6.09 Å². The molecule has 21 heavy (non-hydrogen) atoms. The van der Waals surface area contributed by atoms with Crippen LogP contribution in [0.5, 0.6) is 0 Å². The second-order valence-electron chi connectivity index (χ2n) is 6.22. The van der Waals surface area contributed by atoms with Crippen molar-refractivity contribution in [2.24, 2.45) is 0 Å². The SMILES string of the molecule is CC(C)(C)OC(=O)N1CCC(Sc2ccccc2F)CC1. The number of thioether (sulfide) groups is 1. The maximum atomic E-state index is 13.6. The number of nitrogens with zero attached hydrogens (tertiary/aromatic N) is 1. The highest BCUT2D eigenvalue weighted by Gasteiger charge is 2.27. The Morgan fingerprint density at radius 1 is 1.29 bits per heavy atom. The van der Waals surface area contributed by atoms with E-state index in [1.807, 2.05) is 26.8 Å². The van der Waals surface area contributed by atoms with Crippen molar-refractivity contribution in [2.75, 3.05) is 13.1 Å². The molecule has 1 aliphatic rings. The summed E-state index contributed by atoms with van der Waals surface area (Å²) in [6.07, 6.45) is 1.47. The van der Waals surface area contributed by atoms with Crippen molar-refractivity contribution in [3.8, 4) is 0 Å². The fourth-order valence-electron chi connectivity index (χ4n) is 2.20. The van der Waals surface area contributed by atoms with Crippen LogP contribution in [0.25, 0.3) is 0 Å². The van der Waals surface area contributed by atoms with Gasteiger partial charge in [-0.05, 0) is 45.7 Å². The van der Waals surface area contributed by atoms with Gasteiger partial charge in [0.25, 0.3) is 0 Å². The van der Waals surface area contributed by atoms with Crippen molar-refractivity contribution in [3.63, 3.8) is 0 Å². The molecule has 1 heterocycles. The third-order valence-electron chi connectivity index (χ3n) is 3.22. The Morgan fingerprint density at radius 3 is 2.48 bits per heavy atom. The molecule has 1 saturated heterocycles. The Hall–Kier alpha value is -1.23. The number of rotatable bonds is 2. The smallest absolute Gasteiger partial charge is 0.410 e. The van der Waals surface area contributed by atoms with Crippen LogP contribution in [-0.2, 0) is 4.74 Å². The summed E-state index contributed by atoms with van der Waals surface area (Å²) in [7, 11) is 0. The average molecular weight is 311 g/mol. The summed E-state index contributed by atoms with van der Waals surface area (Å²) in [4.78, 5) is 14.4. The maximum absolute atomic E-state index is 13.6. The van der Waals surface area contributed by atoms with Gasteiger partial charge in [-0.15, -0.1) is 11.8 Å². The van der Waals surface area contributed by atoms with Crippen LogP contribution in [-0.4, -0.2) is 34.9 Å². The molecule has 1 aromatic carbocycles. The van der Waals surface area contributed by atoms with E-state index in [9.17, 15) is 9.18 Å². The standard InChI is InChI=1S/C16H22FNO2S/c1-16(2,3)20-15(19)18-10-8-12(9-11-18)21-14-7-5-4-6-13(14)17/h4-7,12H,8-11H2,1-3H3. The fraction of sp³-hybridized carbons (Fsp3) is 0.562. The second-order valence-corrected chi connectivity index (χ2v) is 7.56. The number of hydrogen-bond donors (Lipinski definition) is 0. The second kappa shape index (κ2) is 6.69. The number of carbonyl (C=O) groups is 1. The molecule has 1 amide bonds. The number of ether oxygens (including phenoxy) is 1. The summed E-state index contributed by atoms with van der Waals surface area (Å²) in [5.41, 5.74) is -0.462. The van der Waals surface area contributed by atoms with Crippen molar-refractivity contribution in [1.29, 1.82) is 0 Å². The Labute approximate surface area is 129 Å². The summed E-state index contributed by atoms with van der Waals surface area (Å²) in [5, 5.41) is 0.348. The van der Waals surface area contributed by atoms with Crippen LogP contribution in [0.3, 0.4) is 0 Å². The van der Waals surface area contributed by atoms with Gasteiger partial charge in [-0.25, -0.2) is 9.18 Å². The Kier molecular flexibility index (Phi) is 5.14. The van der Waals surface area contributed by atoms with Crippen molar-refractivity contribution >= 4 is 17.9 Å². The minimum Gasteiger partial charge on any atom is -0.444 e. The lowest BCUT2D eigenvalue weighted by molar-refractivity contribution is 0.0219. The van der Waals surface area contributed by atoms with Crippen LogP contribution in [0, 0.1) is 5.82 Å². The lowest BCUT2D eigenvalue weighted by atomic mass is 10.1. The van der Waals surface area contributed by atoms with E-state index in [0.717, 1.165) is 12.8 Å². The van der Waals surface area contributed by atoms with Crippen LogP contribution >= 0.6 is 11.8 Å². The number of halogens is 1. The minimum absolute atomic E-state index is 0.169. The van der Waals surface area contributed by atoms with Crippen molar-refractivity contribution in [2.45, 2.75) is 49.4 Å². The van der Waals surface area contributed by atoms with Crippen molar-refractivity contribution < 1.29 is 13.9 Å². The van der Waals surface area contributed by atoms with Crippen molar-refractivity contribution in [3.05, 3.63) is 30.1 Å². The summed E-state index contributed by atoms with van der Waals surface area (Å²) in [6.45, 7) is 6.94. The molecule has 1 fully saturated rings. The van der Waals surface area contributed by atoms with Gasteiger partial charge in [-0.3, -0.25) is 0 Å². The first-order valence-corrected chi connectivity index (χ1v) is 8.12. The molecule has 0 spiro atoms. The quantitative estimate of drug-likeness (QED) is 0.815. The molecule has 3 nitrogen and oxygen atoms in total. The molecule has 0 atom stereocenters. The van der Waals surface area contributed by atoms with E-state index >= 15 is 0 Å². The lowest BCUT2D eigenvalue weighted by Gasteiger charge is -2.33. The van der Waals surface area contributed by atoms with Crippen LogP contribution in [0.1, 0.15) is 33.6 Å². The first-order valence-electron chi connectivity index (χ1n) is 7.24. The number of benzene rings is 1. The molecule has 0 aliphatic carbocycles. The van der Waals surface area contributed by atoms with Gasteiger partial charge in [0.15, 0.2) is 0 Å². The lowest BCUT2D eigenvalue weighted by Crippen LogP contribution is -2.42. The zero-order valence-corrected chi connectivity index (χ0v) is 13.6. The molecule has 0 aromatic heterocycles. The van der Waals surface area contributed by atoms with Crippen molar-refractivity contribution in [1.82, 2.24) is 4.90 Å². The minimum atomic E-state index is -0.462. The molecule has 0 saturated carbocycles. The van der Waals surface area contributed by atoms with E-state index in [2.05, 4.69) is 0 Å². The zero-order valence-electron chi connectivity index (χ0n) is 12.8. The van der Waals surface area contributed by atoms with E-state index < -0.39 is 5.60 Å². The van der Waals surface area contributed by atoms with E-state index in [1.54, 1.807) is 28.8 Å². The third kappa shape index (κ3) is 4.92. The highest BCUT2D eigenvalue weighted by molar-refractivity contribution is 8.00. The van der Waals surface area contributed by atoms with Gasteiger partial charge in [0.1, 0.15) is 11.4 Å². The molecule has 5 heteroatoms. The number of carbonyl (C=O) groups excluding carboxylic acids is 1. The highest BCUT2D eigenvalue weighted by atomic mass is 32.2. The molecule has 1 aromatic rings. The van der Waals surface area contributed by atoms with Gasteiger partial charge in [0.2, 0.25) is 0 Å². The molecular formula is C16H22FNO2S. The van der Waals surface area contributed by atoms with Crippen LogP contribution in [0.15, 0.2) is 29.2 Å². The summed E-state index contributed by atoms with van der Waals surface area (Å²) >= 11 is 1.56. The summed E-state index contributed by atoms with van der Waals surface area (Å²) in [6, 6.07) is 6.84. The van der Waals surface area contributed by atoms with E-state index in [1.165, 1.54) is 6.07 Å². The number of likely N-dealkylation sites (tertiary alicyclic amines) is 1. The Morgan fingerprint density at radius 2 is 1.90 bits per heavy atom. The van der Waals surface area contributed by atoms with Gasteiger partial charge < -0.3 is 9.64 Å². The number of piperidine rings is 1. The maximum Gasteiger partial charge on any atom is 0.410 e. The Bertz CT molecular complexity index is 493. The Balaban J connectivity index is 1.83. The summed E-state index contributed by atoms with van der Waals surface area (Å²) < 4.78 is 19.0. The zero-order chi connectivity index (χ0) is 15.5. The normalized spacial score (nSPS) is 16.9. The number of amides is 1. The van der Waals surface area contributed by atoms with Gasteiger partial charge in [-0.2, -0.15) is 0 Å². The predicted octanol–water partition coefficient (Wildman–Crippen LogP) is 4.32. The third-order valence-corrected chi connectivity index (χ3v) is 4.61. The molecular weight excluding hydrogens is 289 g/mol. The molecule has 0 bridgehead atoms. The van der Waals surface area contributed by atoms with Gasteiger partial charge in [0.05, 0.1) is 0 Å². The van der Waals surface area contributed by atoms with Crippen LogP contribution < -0.4 is 0 Å². The van der Waals surface area contributed by atoms with E-state index in [-0.39, 0.29) is 11.9 Å². The average Bonchev–Trinajstić information content (AvgIpc) is 2.40. The largest absolute Gasteiger partial charge is 0.444 e. The van der Waals surface area contributed by atoms with Crippen LogP contribution in [0.2, 0.25) is 0 Å².